The number of rotatable bonds is 6. The molecule has 4 rings (SSSR count). The summed E-state index contributed by atoms with van der Waals surface area (Å²) in [6.45, 7) is 0.947. The van der Waals surface area contributed by atoms with Crippen LogP contribution in [0.2, 0.25) is 0 Å². The van der Waals surface area contributed by atoms with Crippen molar-refractivity contribution in [2.45, 2.75) is 28.0 Å². The number of methoxy groups -OCH3 is 1. The maximum atomic E-state index is 13.9. The monoisotopic (exact) mass is 437 g/mol. The maximum absolute atomic E-state index is 13.9. The molecule has 0 atom stereocenters. The van der Waals surface area contributed by atoms with Crippen LogP contribution in [-0.4, -0.2) is 26.2 Å². The predicted octanol–water partition coefficient (Wildman–Crippen LogP) is 5.67. The SMILES string of the molecule is COc1ccc(Sc2ccc(NC(=O)C3(c4cccc(F)c4)CCOCC3)cc2)cc1. The first-order valence-corrected chi connectivity index (χ1v) is 11.0. The van der Waals surface area contributed by atoms with E-state index < -0.39 is 5.41 Å². The van der Waals surface area contributed by atoms with Gasteiger partial charge in [-0.1, -0.05) is 23.9 Å². The first-order valence-electron chi connectivity index (χ1n) is 10.2. The Labute approximate surface area is 185 Å². The van der Waals surface area contributed by atoms with E-state index in [-0.39, 0.29) is 11.7 Å². The second kappa shape index (κ2) is 9.54. The lowest BCUT2D eigenvalue weighted by atomic mass is 9.73. The number of halogens is 1. The molecule has 0 aromatic heterocycles. The van der Waals surface area contributed by atoms with Crippen LogP contribution in [0.25, 0.3) is 0 Å². The van der Waals surface area contributed by atoms with Crippen molar-refractivity contribution < 1.29 is 18.7 Å². The van der Waals surface area contributed by atoms with E-state index in [0.29, 0.717) is 37.3 Å². The molecule has 0 saturated carbocycles. The Morgan fingerprint density at radius 3 is 2.26 bits per heavy atom. The highest BCUT2D eigenvalue weighted by Crippen LogP contribution is 2.37. The van der Waals surface area contributed by atoms with E-state index >= 15 is 0 Å². The van der Waals surface area contributed by atoms with E-state index in [1.54, 1.807) is 24.9 Å². The minimum absolute atomic E-state index is 0.128. The smallest absolute Gasteiger partial charge is 0.235 e. The summed E-state index contributed by atoms with van der Waals surface area (Å²) in [6, 6.07) is 21.9. The zero-order valence-electron chi connectivity index (χ0n) is 17.3. The molecule has 3 aromatic rings. The summed E-state index contributed by atoms with van der Waals surface area (Å²) in [4.78, 5) is 15.5. The van der Waals surface area contributed by atoms with Crippen molar-refractivity contribution in [3.05, 3.63) is 84.2 Å². The zero-order valence-corrected chi connectivity index (χ0v) is 18.1. The summed E-state index contributed by atoms with van der Waals surface area (Å²) in [6.07, 6.45) is 1.04. The molecule has 1 fully saturated rings. The fraction of sp³-hybridized carbons (Fsp3) is 0.240. The Balaban J connectivity index is 1.48. The number of amides is 1. The molecule has 0 unspecified atom stereocenters. The Morgan fingerprint density at radius 2 is 1.65 bits per heavy atom. The van der Waals surface area contributed by atoms with Crippen molar-refractivity contribution in [3.8, 4) is 5.75 Å². The molecular weight excluding hydrogens is 413 g/mol. The van der Waals surface area contributed by atoms with Crippen molar-refractivity contribution in [2.75, 3.05) is 25.6 Å². The fourth-order valence-electron chi connectivity index (χ4n) is 3.79. The highest BCUT2D eigenvalue weighted by Gasteiger charge is 2.42. The molecule has 1 aliphatic rings. The summed E-state index contributed by atoms with van der Waals surface area (Å²) in [5, 5.41) is 3.03. The lowest BCUT2D eigenvalue weighted by molar-refractivity contribution is -0.125. The summed E-state index contributed by atoms with van der Waals surface area (Å²) in [5.74, 6) is 0.357. The van der Waals surface area contributed by atoms with E-state index in [9.17, 15) is 9.18 Å². The molecule has 6 heteroatoms. The Kier molecular flexibility index (Phi) is 6.59. The first-order chi connectivity index (χ1) is 15.1. The predicted molar refractivity (Wildman–Crippen MR) is 120 cm³/mol. The minimum Gasteiger partial charge on any atom is -0.497 e. The molecular formula is C25H24FNO3S. The van der Waals surface area contributed by atoms with Crippen LogP contribution in [0.1, 0.15) is 18.4 Å². The van der Waals surface area contributed by atoms with Crippen LogP contribution < -0.4 is 10.1 Å². The lowest BCUT2D eigenvalue weighted by Gasteiger charge is -2.36. The third-order valence-corrected chi connectivity index (χ3v) is 6.58. The first kappa shape index (κ1) is 21.4. The largest absolute Gasteiger partial charge is 0.497 e. The van der Waals surface area contributed by atoms with Gasteiger partial charge in [-0.15, -0.1) is 0 Å². The molecule has 1 saturated heterocycles. The second-order valence-corrected chi connectivity index (χ2v) is 8.61. The van der Waals surface area contributed by atoms with Crippen LogP contribution >= 0.6 is 11.8 Å². The molecule has 1 amide bonds. The van der Waals surface area contributed by atoms with Crippen molar-refractivity contribution in [1.29, 1.82) is 0 Å². The Hall–Kier alpha value is -2.83. The number of nitrogens with one attached hydrogen (secondary N) is 1. The minimum atomic E-state index is -0.795. The summed E-state index contributed by atoms with van der Waals surface area (Å²) in [7, 11) is 1.65. The van der Waals surface area contributed by atoms with Gasteiger partial charge in [0.05, 0.1) is 12.5 Å². The van der Waals surface area contributed by atoms with Crippen LogP contribution in [-0.2, 0) is 14.9 Å². The second-order valence-electron chi connectivity index (χ2n) is 7.46. The third kappa shape index (κ3) is 4.92. The quantitative estimate of drug-likeness (QED) is 0.540. The number of carbonyl (C=O) groups excluding carboxylic acids is 1. The van der Waals surface area contributed by atoms with E-state index in [1.807, 2.05) is 54.6 Å². The topological polar surface area (TPSA) is 47.6 Å². The van der Waals surface area contributed by atoms with Gasteiger partial charge in [0.2, 0.25) is 5.91 Å². The van der Waals surface area contributed by atoms with Gasteiger partial charge in [0.15, 0.2) is 0 Å². The van der Waals surface area contributed by atoms with Gasteiger partial charge >= 0.3 is 0 Å². The normalized spacial score (nSPS) is 15.3. The van der Waals surface area contributed by atoms with Crippen LogP contribution in [0.5, 0.6) is 5.75 Å². The zero-order chi connectivity index (χ0) is 21.7. The van der Waals surface area contributed by atoms with E-state index in [1.165, 1.54) is 12.1 Å². The highest BCUT2D eigenvalue weighted by molar-refractivity contribution is 7.99. The van der Waals surface area contributed by atoms with Crippen LogP contribution in [0.3, 0.4) is 0 Å². The number of carbonyl (C=O) groups is 1. The molecule has 160 valence electrons. The van der Waals surface area contributed by atoms with E-state index in [2.05, 4.69) is 5.32 Å². The number of hydrogen-bond acceptors (Lipinski definition) is 4. The van der Waals surface area contributed by atoms with Gasteiger partial charge in [-0.25, -0.2) is 4.39 Å². The van der Waals surface area contributed by atoms with Gasteiger partial charge < -0.3 is 14.8 Å². The van der Waals surface area contributed by atoms with Gasteiger partial charge in [-0.2, -0.15) is 0 Å². The van der Waals surface area contributed by atoms with Gasteiger partial charge in [0.25, 0.3) is 0 Å². The van der Waals surface area contributed by atoms with Crippen molar-refractivity contribution in [2.24, 2.45) is 0 Å². The van der Waals surface area contributed by atoms with Gasteiger partial charge in [-0.05, 0) is 79.1 Å². The molecule has 1 aliphatic heterocycles. The molecule has 31 heavy (non-hydrogen) atoms. The highest BCUT2D eigenvalue weighted by atomic mass is 32.2. The molecule has 0 bridgehead atoms. The molecule has 0 aliphatic carbocycles. The average Bonchev–Trinajstić information content (AvgIpc) is 2.81. The van der Waals surface area contributed by atoms with Gasteiger partial charge in [0.1, 0.15) is 11.6 Å². The van der Waals surface area contributed by atoms with Crippen molar-refractivity contribution >= 4 is 23.4 Å². The molecule has 1 N–H and O–H groups in total. The van der Waals surface area contributed by atoms with Crippen LogP contribution in [0.15, 0.2) is 82.6 Å². The van der Waals surface area contributed by atoms with Crippen LogP contribution in [0.4, 0.5) is 10.1 Å². The molecule has 3 aromatic carbocycles. The Morgan fingerprint density at radius 1 is 1.00 bits per heavy atom. The summed E-state index contributed by atoms with van der Waals surface area (Å²) in [5.41, 5.74) is 0.614. The molecule has 0 spiro atoms. The summed E-state index contributed by atoms with van der Waals surface area (Å²) < 4.78 is 24.5. The summed E-state index contributed by atoms with van der Waals surface area (Å²) >= 11 is 1.63. The maximum Gasteiger partial charge on any atom is 0.235 e. The number of hydrogen-bond donors (Lipinski definition) is 1. The number of anilines is 1. The van der Waals surface area contributed by atoms with Gasteiger partial charge in [0, 0.05) is 28.7 Å². The Bertz CT molecular complexity index is 1030. The number of ether oxygens (including phenoxy) is 2. The molecule has 4 nitrogen and oxygen atoms in total. The van der Waals surface area contributed by atoms with Crippen LogP contribution in [0, 0.1) is 5.82 Å². The van der Waals surface area contributed by atoms with Crippen molar-refractivity contribution in [3.63, 3.8) is 0 Å². The van der Waals surface area contributed by atoms with Crippen molar-refractivity contribution in [1.82, 2.24) is 0 Å². The average molecular weight is 438 g/mol. The standard InChI is InChI=1S/C25H24FNO3S/c1-29-21-7-11-23(12-8-21)31-22-9-5-20(6-10-22)27-24(28)25(13-15-30-16-14-25)18-3-2-4-19(26)17-18/h2-12,17H,13-16H2,1H3,(H,27,28). The lowest BCUT2D eigenvalue weighted by Crippen LogP contribution is -2.44. The van der Waals surface area contributed by atoms with E-state index in [4.69, 9.17) is 9.47 Å². The fourth-order valence-corrected chi connectivity index (χ4v) is 4.61. The molecule has 1 heterocycles. The molecule has 0 radical (unpaired) electrons. The van der Waals surface area contributed by atoms with E-state index in [0.717, 1.165) is 15.5 Å². The third-order valence-electron chi connectivity index (χ3n) is 5.57. The number of benzene rings is 3. The van der Waals surface area contributed by atoms with Gasteiger partial charge in [-0.3, -0.25) is 4.79 Å².